The van der Waals surface area contributed by atoms with E-state index in [1.165, 1.54) is 5.56 Å². The Morgan fingerprint density at radius 3 is 2.06 bits per heavy atom. The average molecular weight is 337 g/mol. The molecule has 1 aliphatic rings. The van der Waals surface area contributed by atoms with E-state index in [9.17, 15) is 0 Å². The van der Waals surface area contributed by atoms with Crippen LogP contribution in [0.3, 0.4) is 0 Å². The monoisotopic (exact) mass is 335 g/mol. The molecule has 0 fully saturated rings. The molecule has 91 valence electrons. The molecule has 1 radical (unpaired) electrons. The van der Waals surface area contributed by atoms with Crippen molar-refractivity contribution in [2.45, 2.75) is 0 Å². The molecule has 1 nitrogen and oxygen atoms in total. The average Bonchev–Trinajstić information content (AvgIpc) is 2.05. The van der Waals surface area contributed by atoms with Crippen LogP contribution in [0, 0.1) is 0 Å². The number of hydrogen-bond acceptors (Lipinski definition) is 1. The zero-order valence-electron chi connectivity index (χ0n) is 8.10. The minimum atomic E-state index is 0. The van der Waals surface area contributed by atoms with Crippen molar-refractivity contribution < 1.29 is 60.1 Å². The Labute approximate surface area is 114 Å². The molecule has 1 aliphatic heterocycles. The zero-order chi connectivity index (χ0) is 6.81. The van der Waals surface area contributed by atoms with Gasteiger partial charge in [-0.25, -0.2) is 0 Å². The fraction of sp³-hybridized carbons (Fsp3) is 0.111. The normalized spacial score (nSPS) is 8.75. The van der Waals surface area contributed by atoms with Crippen LogP contribution in [0.25, 0.3) is 6.08 Å². The largest absolute Gasteiger partial charge is 2.00 e. The van der Waals surface area contributed by atoms with Crippen LogP contribution < -0.4 is 23.6 Å². The molecule has 2 rings (SSSR count). The van der Waals surface area contributed by atoms with Gasteiger partial charge in [0.25, 0.3) is 0 Å². The summed E-state index contributed by atoms with van der Waals surface area (Å²) in [5.74, 6) is 0.991. The van der Waals surface area contributed by atoms with Crippen LogP contribution in [-0.4, -0.2) is 6.61 Å². The van der Waals surface area contributed by atoms with Crippen molar-refractivity contribution in [2.75, 3.05) is 6.61 Å². The number of rotatable bonds is 0. The molecule has 0 unspecified atom stereocenters. The number of halogens is 4. The van der Waals surface area contributed by atoms with Crippen LogP contribution in [-0.2, 0) is 36.5 Å². The van der Waals surface area contributed by atoms with Gasteiger partial charge in [-0.05, 0) is 12.1 Å². The summed E-state index contributed by atoms with van der Waals surface area (Å²) >= 11 is 0. The van der Waals surface area contributed by atoms with Gasteiger partial charge < -0.3 is 23.6 Å². The SMILES string of the molecule is C1=Cc2ccccc2OC1.[Cu+2].[F-].[F-].[F-].[F-].[Zn+2]. The molecule has 0 saturated carbocycles. The third kappa shape index (κ3) is 6.99. The first kappa shape index (κ1) is 29.6. The predicted molar refractivity (Wildman–Crippen MR) is 41.0 cm³/mol. The van der Waals surface area contributed by atoms with Gasteiger partial charge in [0, 0.05) is 5.56 Å². The summed E-state index contributed by atoms with van der Waals surface area (Å²) in [7, 11) is 0. The second-order valence-corrected chi connectivity index (χ2v) is 2.25. The molecule has 7 heteroatoms. The quantitative estimate of drug-likeness (QED) is 0.338. The summed E-state index contributed by atoms with van der Waals surface area (Å²) in [6.07, 6.45) is 4.10. The minimum Gasteiger partial charge on any atom is -1.00 e. The first-order chi connectivity index (χ1) is 4.97. The van der Waals surface area contributed by atoms with Gasteiger partial charge >= 0.3 is 36.5 Å². The maximum absolute atomic E-state index is 5.34. The third-order valence-electron chi connectivity index (χ3n) is 1.55. The van der Waals surface area contributed by atoms with E-state index in [1.807, 2.05) is 30.3 Å². The summed E-state index contributed by atoms with van der Waals surface area (Å²) < 4.78 is 5.34. The summed E-state index contributed by atoms with van der Waals surface area (Å²) in [6, 6.07) is 8.03. The standard InChI is InChI=1S/C9H8O.Cu.4FH.Zn/c1-2-6-9-8(4-1)5-3-7-10-9;;;;;;/h1-6H,7H2;;4*1H;/q;+2;;;;;+2/p-4. The van der Waals surface area contributed by atoms with Gasteiger partial charge in [-0.1, -0.05) is 24.3 Å². The number of fused-ring (bicyclic) bond motifs is 1. The molecular weight excluding hydrogens is 329 g/mol. The Kier molecular flexibility index (Phi) is 27.1. The van der Waals surface area contributed by atoms with Crippen molar-refractivity contribution in [1.82, 2.24) is 0 Å². The third-order valence-corrected chi connectivity index (χ3v) is 1.55. The minimum absolute atomic E-state index is 0. The van der Waals surface area contributed by atoms with Gasteiger partial charge in [0.1, 0.15) is 12.4 Å². The van der Waals surface area contributed by atoms with Crippen molar-refractivity contribution in [2.24, 2.45) is 0 Å². The van der Waals surface area contributed by atoms with Gasteiger partial charge in [-0.15, -0.1) is 0 Å². The van der Waals surface area contributed by atoms with Crippen molar-refractivity contribution in [3.63, 3.8) is 0 Å². The van der Waals surface area contributed by atoms with Crippen LogP contribution in [0.2, 0.25) is 0 Å². The topological polar surface area (TPSA) is 9.23 Å². The van der Waals surface area contributed by atoms with Gasteiger partial charge in [0.05, 0.1) is 0 Å². The van der Waals surface area contributed by atoms with Crippen molar-refractivity contribution >= 4 is 6.08 Å². The Morgan fingerprint density at radius 1 is 0.938 bits per heavy atom. The van der Waals surface area contributed by atoms with Crippen molar-refractivity contribution in [1.29, 1.82) is 0 Å². The Morgan fingerprint density at radius 2 is 1.50 bits per heavy atom. The molecule has 1 aromatic rings. The molecule has 1 heterocycles. The molecule has 0 aromatic heterocycles. The second kappa shape index (κ2) is 14.6. The van der Waals surface area contributed by atoms with Gasteiger partial charge in [0.15, 0.2) is 0 Å². The molecule has 16 heavy (non-hydrogen) atoms. The van der Waals surface area contributed by atoms with Crippen molar-refractivity contribution in [3.05, 3.63) is 35.9 Å². The van der Waals surface area contributed by atoms with Crippen LogP contribution in [0.1, 0.15) is 5.56 Å². The summed E-state index contributed by atoms with van der Waals surface area (Å²) in [4.78, 5) is 0. The molecule has 0 atom stereocenters. The molecular formula is C9H8CuF4OZn. The summed E-state index contributed by atoms with van der Waals surface area (Å²) in [6.45, 7) is 0.705. The Balaban J connectivity index is -0.0000000672. The van der Waals surface area contributed by atoms with E-state index in [0.29, 0.717) is 6.61 Å². The number of benzene rings is 1. The van der Waals surface area contributed by atoms with E-state index in [2.05, 4.69) is 6.08 Å². The van der Waals surface area contributed by atoms with Gasteiger partial charge in [0.2, 0.25) is 0 Å². The van der Waals surface area contributed by atoms with Crippen LogP contribution in [0.5, 0.6) is 5.75 Å². The van der Waals surface area contributed by atoms with Crippen LogP contribution in [0.15, 0.2) is 30.3 Å². The Hall–Kier alpha value is -0.377. The predicted octanol–water partition coefficient (Wildman–Crippen LogP) is -9.90. The van der Waals surface area contributed by atoms with Crippen molar-refractivity contribution in [3.8, 4) is 5.75 Å². The molecule has 0 saturated heterocycles. The number of ether oxygens (including phenoxy) is 1. The molecule has 0 bridgehead atoms. The van der Waals surface area contributed by atoms with E-state index in [0.717, 1.165) is 5.75 Å². The fourth-order valence-electron chi connectivity index (χ4n) is 1.06. The fourth-order valence-corrected chi connectivity index (χ4v) is 1.06. The summed E-state index contributed by atoms with van der Waals surface area (Å²) in [5, 5.41) is 0. The second-order valence-electron chi connectivity index (χ2n) is 2.25. The van der Waals surface area contributed by atoms with E-state index in [4.69, 9.17) is 4.74 Å². The molecule has 0 aliphatic carbocycles. The van der Waals surface area contributed by atoms with Crippen LogP contribution >= 0.6 is 0 Å². The van der Waals surface area contributed by atoms with E-state index in [1.54, 1.807) is 0 Å². The van der Waals surface area contributed by atoms with E-state index in [-0.39, 0.29) is 55.4 Å². The molecule has 0 amide bonds. The zero-order valence-corrected chi connectivity index (χ0v) is 12.0. The first-order valence-corrected chi connectivity index (χ1v) is 3.35. The summed E-state index contributed by atoms with van der Waals surface area (Å²) in [5.41, 5.74) is 1.17. The Bertz CT molecular complexity index is 286. The van der Waals surface area contributed by atoms with E-state index < -0.39 is 0 Å². The van der Waals surface area contributed by atoms with E-state index >= 15 is 0 Å². The van der Waals surface area contributed by atoms with Gasteiger partial charge in [-0.3, -0.25) is 0 Å². The molecule has 0 spiro atoms. The maximum atomic E-state index is 5.34. The molecule has 1 aromatic carbocycles. The smallest absolute Gasteiger partial charge is 1.00 e. The first-order valence-electron chi connectivity index (χ1n) is 3.35. The number of para-hydroxylation sites is 1. The number of hydrogen-bond donors (Lipinski definition) is 0. The van der Waals surface area contributed by atoms with Gasteiger partial charge in [-0.2, -0.15) is 0 Å². The maximum Gasteiger partial charge on any atom is 2.00 e. The van der Waals surface area contributed by atoms with Crippen LogP contribution in [0.4, 0.5) is 0 Å². The molecule has 0 N–H and O–H groups in total.